The van der Waals surface area contributed by atoms with E-state index in [1.165, 1.54) is 12.1 Å². The van der Waals surface area contributed by atoms with Crippen LogP contribution in [-0.4, -0.2) is 19.6 Å². The molecule has 0 bridgehead atoms. The minimum atomic E-state index is -0.385. The maximum atomic E-state index is 13.1. The number of carbonyl (C=O) groups excluding carboxylic acids is 1. The summed E-state index contributed by atoms with van der Waals surface area (Å²) in [6.07, 6.45) is 0.228. The molecule has 5 heteroatoms. The SMILES string of the molecule is CNC(=O)CCOc1cc(F)ccc1C(C)N. The molecule has 0 aliphatic rings. The van der Waals surface area contributed by atoms with Crippen molar-refractivity contribution in [3.8, 4) is 5.75 Å². The van der Waals surface area contributed by atoms with Crippen molar-refractivity contribution in [2.45, 2.75) is 19.4 Å². The Bertz CT molecular complexity index is 394. The van der Waals surface area contributed by atoms with Gasteiger partial charge in [-0.1, -0.05) is 6.07 Å². The second-order valence-corrected chi connectivity index (χ2v) is 3.74. The summed E-state index contributed by atoms with van der Waals surface area (Å²) in [7, 11) is 1.55. The molecule has 17 heavy (non-hydrogen) atoms. The molecule has 0 aliphatic carbocycles. The van der Waals surface area contributed by atoms with Crippen LogP contribution in [-0.2, 0) is 4.79 Å². The molecule has 3 N–H and O–H groups in total. The lowest BCUT2D eigenvalue weighted by Crippen LogP contribution is -2.20. The maximum Gasteiger partial charge on any atom is 0.223 e. The van der Waals surface area contributed by atoms with E-state index in [4.69, 9.17) is 10.5 Å². The van der Waals surface area contributed by atoms with Crippen LogP contribution in [0, 0.1) is 5.82 Å². The zero-order chi connectivity index (χ0) is 12.8. The fourth-order valence-corrected chi connectivity index (χ4v) is 1.39. The summed E-state index contributed by atoms with van der Waals surface area (Å²) < 4.78 is 18.4. The summed E-state index contributed by atoms with van der Waals surface area (Å²) in [5, 5.41) is 2.48. The fraction of sp³-hybridized carbons (Fsp3) is 0.417. The number of rotatable bonds is 5. The predicted octanol–water partition coefficient (Wildman–Crippen LogP) is 1.36. The van der Waals surface area contributed by atoms with Gasteiger partial charge in [-0.15, -0.1) is 0 Å². The molecule has 1 aromatic carbocycles. The molecular weight excluding hydrogens is 223 g/mol. The normalized spacial score (nSPS) is 12.0. The van der Waals surface area contributed by atoms with E-state index in [-0.39, 0.29) is 30.8 Å². The first-order valence-electron chi connectivity index (χ1n) is 5.43. The van der Waals surface area contributed by atoms with Gasteiger partial charge in [-0.3, -0.25) is 4.79 Å². The standard InChI is InChI=1S/C12H17FN2O2/c1-8(14)10-4-3-9(13)7-11(10)17-6-5-12(16)15-2/h3-4,7-8H,5-6,14H2,1-2H3,(H,15,16). The molecule has 94 valence electrons. The Hall–Kier alpha value is -1.62. The minimum absolute atomic E-state index is 0.122. The molecule has 1 amide bonds. The second-order valence-electron chi connectivity index (χ2n) is 3.74. The third-order valence-electron chi connectivity index (χ3n) is 2.33. The van der Waals surface area contributed by atoms with Crippen molar-refractivity contribution in [1.29, 1.82) is 0 Å². The van der Waals surface area contributed by atoms with Crippen LogP contribution in [0.15, 0.2) is 18.2 Å². The Morgan fingerprint density at radius 2 is 2.29 bits per heavy atom. The van der Waals surface area contributed by atoms with Crippen molar-refractivity contribution in [2.24, 2.45) is 5.73 Å². The van der Waals surface area contributed by atoms with Crippen molar-refractivity contribution in [3.05, 3.63) is 29.6 Å². The average Bonchev–Trinajstić information content (AvgIpc) is 2.28. The lowest BCUT2D eigenvalue weighted by atomic mass is 10.1. The topological polar surface area (TPSA) is 64.3 Å². The van der Waals surface area contributed by atoms with Crippen molar-refractivity contribution in [1.82, 2.24) is 5.32 Å². The van der Waals surface area contributed by atoms with Gasteiger partial charge < -0.3 is 15.8 Å². The van der Waals surface area contributed by atoms with Gasteiger partial charge in [0.1, 0.15) is 11.6 Å². The molecule has 0 spiro atoms. The van der Waals surface area contributed by atoms with Crippen molar-refractivity contribution < 1.29 is 13.9 Å². The zero-order valence-corrected chi connectivity index (χ0v) is 10.00. The second kappa shape index (κ2) is 6.20. The number of benzene rings is 1. The van der Waals surface area contributed by atoms with E-state index in [1.54, 1.807) is 20.0 Å². The summed E-state index contributed by atoms with van der Waals surface area (Å²) in [5.41, 5.74) is 6.47. The Balaban J connectivity index is 2.68. The highest BCUT2D eigenvalue weighted by atomic mass is 19.1. The van der Waals surface area contributed by atoms with Gasteiger partial charge >= 0.3 is 0 Å². The lowest BCUT2D eigenvalue weighted by Gasteiger charge is -2.13. The number of carbonyl (C=O) groups is 1. The number of halogens is 1. The molecule has 0 saturated heterocycles. The van der Waals surface area contributed by atoms with Crippen LogP contribution in [0.1, 0.15) is 24.9 Å². The Labute approximate surface area is 100.0 Å². The third-order valence-corrected chi connectivity index (χ3v) is 2.33. The minimum Gasteiger partial charge on any atom is -0.493 e. The first-order valence-corrected chi connectivity index (χ1v) is 5.43. The first-order chi connectivity index (χ1) is 8.04. The monoisotopic (exact) mass is 240 g/mol. The predicted molar refractivity (Wildman–Crippen MR) is 63.2 cm³/mol. The van der Waals surface area contributed by atoms with Gasteiger partial charge in [0, 0.05) is 24.7 Å². The number of hydrogen-bond acceptors (Lipinski definition) is 3. The van der Waals surface area contributed by atoms with Crippen LogP contribution in [0.4, 0.5) is 4.39 Å². The summed E-state index contributed by atoms with van der Waals surface area (Å²) >= 11 is 0. The summed E-state index contributed by atoms with van der Waals surface area (Å²) in [4.78, 5) is 11.0. The Kier molecular flexibility index (Phi) is 4.90. The quantitative estimate of drug-likeness (QED) is 0.816. The average molecular weight is 240 g/mol. The van der Waals surface area contributed by atoms with Gasteiger partial charge in [-0.05, 0) is 13.0 Å². The first kappa shape index (κ1) is 13.4. The Morgan fingerprint density at radius 1 is 1.59 bits per heavy atom. The highest BCUT2D eigenvalue weighted by Crippen LogP contribution is 2.24. The fourth-order valence-electron chi connectivity index (χ4n) is 1.39. The van der Waals surface area contributed by atoms with Gasteiger partial charge in [0.25, 0.3) is 0 Å². The van der Waals surface area contributed by atoms with Gasteiger partial charge in [0.2, 0.25) is 5.91 Å². The van der Waals surface area contributed by atoms with Crippen LogP contribution in [0.3, 0.4) is 0 Å². The van der Waals surface area contributed by atoms with Crippen LogP contribution < -0.4 is 15.8 Å². The molecule has 0 radical (unpaired) electrons. The van der Waals surface area contributed by atoms with E-state index in [1.807, 2.05) is 0 Å². The molecule has 1 rings (SSSR count). The van der Waals surface area contributed by atoms with Crippen molar-refractivity contribution in [2.75, 3.05) is 13.7 Å². The summed E-state index contributed by atoms with van der Waals surface area (Å²) in [6, 6.07) is 3.97. The zero-order valence-electron chi connectivity index (χ0n) is 10.00. The molecule has 1 unspecified atom stereocenters. The van der Waals surface area contributed by atoms with Gasteiger partial charge in [-0.2, -0.15) is 0 Å². The lowest BCUT2D eigenvalue weighted by molar-refractivity contribution is -0.121. The van der Waals surface area contributed by atoms with Crippen LogP contribution in [0.5, 0.6) is 5.75 Å². The third kappa shape index (κ3) is 4.03. The van der Waals surface area contributed by atoms with Gasteiger partial charge in [0.05, 0.1) is 13.0 Å². The molecule has 0 fully saturated rings. The van der Waals surface area contributed by atoms with E-state index in [0.717, 1.165) is 5.56 Å². The van der Waals surface area contributed by atoms with Crippen molar-refractivity contribution >= 4 is 5.91 Å². The maximum absolute atomic E-state index is 13.1. The van der Waals surface area contributed by atoms with E-state index >= 15 is 0 Å². The largest absolute Gasteiger partial charge is 0.493 e. The molecule has 4 nitrogen and oxygen atoms in total. The number of amides is 1. The van der Waals surface area contributed by atoms with E-state index in [2.05, 4.69) is 5.32 Å². The molecule has 0 saturated carbocycles. The van der Waals surface area contributed by atoms with E-state index in [9.17, 15) is 9.18 Å². The highest BCUT2D eigenvalue weighted by molar-refractivity contribution is 5.75. The smallest absolute Gasteiger partial charge is 0.223 e. The summed E-state index contributed by atoms with van der Waals surface area (Å²) in [6.45, 7) is 1.99. The van der Waals surface area contributed by atoms with Crippen LogP contribution in [0.2, 0.25) is 0 Å². The highest BCUT2D eigenvalue weighted by Gasteiger charge is 2.09. The van der Waals surface area contributed by atoms with Gasteiger partial charge in [-0.25, -0.2) is 4.39 Å². The Morgan fingerprint density at radius 3 is 2.88 bits per heavy atom. The number of hydrogen-bond donors (Lipinski definition) is 2. The number of nitrogens with one attached hydrogen (secondary N) is 1. The van der Waals surface area contributed by atoms with E-state index < -0.39 is 0 Å². The molecule has 1 atom stereocenters. The van der Waals surface area contributed by atoms with Gasteiger partial charge in [0.15, 0.2) is 0 Å². The molecular formula is C12H17FN2O2. The molecule has 1 aromatic rings. The molecule has 0 aromatic heterocycles. The van der Waals surface area contributed by atoms with Crippen LogP contribution >= 0.6 is 0 Å². The van der Waals surface area contributed by atoms with E-state index in [0.29, 0.717) is 5.75 Å². The molecule has 0 heterocycles. The van der Waals surface area contributed by atoms with Crippen LogP contribution in [0.25, 0.3) is 0 Å². The number of nitrogens with two attached hydrogens (primary N) is 1. The van der Waals surface area contributed by atoms with Crippen molar-refractivity contribution in [3.63, 3.8) is 0 Å². The molecule has 0 aliphatic heterocycles. The summed E-state index contributed by atoms with van der Waals surface area (Å²) in [5.74, 6) is -0.114. The number of ether oxygens (including phenoxy) is 1.